The van der Waals surface area contributed by atoms with Gasteiger partial charge in [0, 0.05) is 12.1 Å². The first-order chi connectivity index (χ1) is 9.65. The van der Waals surface area contributed by atoms with Crippen LogP contribution in [0, 0.1) is 13.8 Å². The minimum absolute atomic E-state index is 0.247. The Bertz CT molecular complexity index is 617. The van der Waals surface area contributed by atoms with Crippen LogP contribution >= 0.6 is 0 Å². The molecule has 3 heteroatoms. The Balaban J connectivity index is 1.79. The van der Waals surface area contributed by atoms with Crippen molar-refractivity contribution in [2.75, 3.05) is 5.32 Å². The molecule has 3 nitrogen and oxygen atoms in total. The summed E-state index contributed by atoms with van der Waals surface area (Å²) in [6, 6.07) is 8.65. The fourth-order valence-corrected chi connectivity index (χ4v) is 2.53. The van der Waals surface area contributed by atoms with Crippen LogP contribution in [0.1, 0.15) is 54.2 Å². The Morgan fingerprint density at radius 1 is 1.20 bits per heavy atom. The van der Waals surface area contributed by atoms with Crippen molar-refractivity contribution in [2.24, 2.45) is 0 Å². The summed E-state index contributed by atoms with van der Waals surface area (Å²) in [5.41, 5.74) is 4.01. The van der Waals surface area contributed by atoms with Crippen molar-refractivity contribution in [3.8, 4) is 0 Å². The summed E-state index contributed by atoms with van der Waals surface area (Å²) in [6.07, 6.45) is 4.32. The number of rotatable bonds is 4. The van der Waals surface area contributed by atoms with Crippen molar-refractivity contribution in [2.45, 2.75) is 45.6 Å². The first-order valence-electron chi connectivity index (χ1n) is 7.30. The molecule has 0 radical (unpaired) electrons. The number of anilines is 1. The number of benzene rings is 1. The van der Waals surface area contributed by atoms with Crippen LogP contribution < -0.4 is 5.32 Å². The zero-order chi connectivity index (χ0) is 14.1. The molecule has 2 aromatic rings. The molecule has 1 aliphatic carbocycles. The quantitative estimate of drug-likeness (QED) is 0.904. The zero-order valence-corrected chi connectivity index (χ0v) is 12.4. The molecule has 3 rings (SSSR count). The van der Waals surface area contributed by atoms with Gasteiger partial charge in [-0.05, 0) is 56.4 Å². The van der Waals surface area contributed by atoms with E-state index < -0.39 is 0 Å². The van der Waals surface area contributed by atoms with E-state index in [1.165, 1.54) is 29.5 Å². The van der Waals surface area contributed by atoms with Crippen molar-refractivity contribution in [3.63, 3.8) is 0 Å². The molecular formula is C17H21N3. The first kappa shape index (κ1) is 13.1. The third-order valence-corrected chi connectivity index (χ3v) is 4.09. The van der Waals surface area contributed by atoms with Gasteiger partial charge in [-0.3, -0.25) is 0 Å². The monoisotopic (exact) mass is 267 g/mol. The van der Waals surface area contributed by atoms with Gasteiger partial charge in [0.05, 0.1) is 6.04 Å². The Kier molecular flexibility index (Phi) is 3.43. The average molecular weight is 267 g/mol. The fraction of sp³-hybridized carbons (Fsp3) is 0.412. The van der Waals surface area contributed by atoms with Crippen molar-refractivity contribution >= 4 is 5.82 Å². The van der Waals surface area contributed by atoms with Crippen LogP contribution in [0.3, 0.4) is 0 Å². The molecule has 1 aromatic carbocycles. The standard InChI is InChI=1S/C17H21N3/c1-11-5-4-6-15(12(11)2)13(3)19-16-9-10-18-17(20-16)14-7-8-14/h4-6,9-10,13-14H,7-8H2,1-3H3,(H,18,19,20). The van der Waals surface area contributed by atoms with Crippen molar-refractivity contribution in [1.82, 2.24) is 9.97 Å². The number of nitrogens with zero attached hydrogens (tertiary/aromatic N) is 2. The lowest BCUT2D eigenvalue weighted by Gasteiger charge is -2.18. The van der Waals surface area contributed by atoms with E-state index >= 15 is 0 Å². The predicted molar refractivity (Wildman–Crippen MR) is 82.0 cm³/mol. The largest absolute Gasteiger partial charge is 0.363 e. The first-order valence-corrected chi connectivity index (χ1v) is 7.30. The van der Waals surface area contributed by atoms with Crippen LogP contribution in [0.15, 0.2) is 30.5 Å². The minimum Gasteiger partial charge on any atom is -0.363 e. The molecule has 1 aliphatic rings. The molecule has 1 unspecified atom stereocenters. The van der Waals surface area contributed by atoms with E-state index in [9.17, 15) is 0 Å². The molecule has 1 fully saturated rings. The summed E-state index contributed by atoms with van der Waals surface area (Å²) in [7, 11) is 0. The summed E-state index contributed by atoms with van der Waals surface area (Å²) in [6.45, 7) is 6.51. The lowest BCUT2D eigenvalue weighted by atomic mass is 9.98. The maximum Gasteiger partial charge on any atom is 0.133 e. The number of nitrogens with one attached hydrogen (secondary N) is 1. The second-order valence-electron chi connectivity index (χ2n) is 5.73. The van der Waals surface area contributed by atoms with E-state index in [1.54, 1.807) is 0 Å². The van der Waals surface area contributed by atoms with E-state index in [0.29, 0.717) is 5.92 Å². The number of aryl methyl sites for hydroxylation is 1. The molecule has 0 amide bonds. The second-order valence-corrected chi connectivity index (χ2v) is 5.73. The highest BCUT2D eigenvalue weighted by molar-refractivity contribution is 5.42. The third kappa shape index (κ3) is 2.67. The van der Waals surface area contributed by atoms with Crippen molar-refractivity contribution in [1.29, 1.82) is 0 Å². The normalized spacial score (nSPS) is 15.9. The highest BCUT2D eigenvalue weighted by Gasteiger charge is 2.26. The SMILES string of the molecule is Cc1cccc(C(C)Nc2ccnc(C3CC3)n2)c1C. The number of aromatic nitrogens is 2. The van der Waals surface area contributed by atoms with Crippen molar-refractivity contribution in [3.05, 3.63) is 53.0 Å². The van der Waals surface area contributed by atoms with Gasteiger partial charge in [0.1, 0.15) is 11.6 Å². The number of hydrogen-bond acceptors (Lipinski definition) is 3. The summed E-state index contributed by atoms with van der Waals surface area (Å²) in [4.78, 5) is 8.99. The summed E-state index contributed by atoms with van der Waals surface area (Å²) >= 11 is 0. The fourth-order valence-electron chi connectivity index (χ4n) is 2.53. The zero-order valence-electron chi connectivity index (χ0n) is 12.4. The average Bonchev–Trinajstić information content (AvgIpc) is 3.26. The minimum atomic E-state index is 0.247. The van der Waals surface area contributed by atoms with Crippen LogP contribution in [0.2, 0.25) is 0 Å². The smallest absolute Gasteiger partial charge is 0.133 e. The molecule has 20 heavy (non-hydrogen) atoms. The van der Waals surface area contributed by atoms with Crippen LogP contribution in [0.4, 0.5) is 5.82 Å². The Hall–Kier alpha value is -1.90. The molecule has 0 saturated heterocycles. The number of hydrogen-bond donors (Lipinski definition) is 1. The predicted octanol–water partition coefficient (Wildman–Crippen LogP) is 4.14. The molecule has 104 valence electrons. The van der Waals surface area contributed by atoms with Gasteiger partial charge in [0.25, 0.3) is 0 Å². The van der Waals surface area contributed by atoms with Crippen LogP contribution in [-0.4, -0.2) is 9.97 Å². The van der Waals surface area contributed by atoms with E-state index in [1.807, 2.05) is 12.3 Å². The van der Waals surface area contributed by atoms with E-state index in [2.05, 4.69) is 54.3 Å². The van der Waals surface area contributed by atoms with Crippen molar-refractivity contribution < 1.29 is 0 Å². The lowest BCUT2D eigenvalue weighted by molar-refractivity contribution is 0.845. The van der Waals surface area contributed by atoms with Gasteiger partial charge in [-0.1, -0.05) is 18.2 Å². The van der Waals surface area contributed by atoms with Gasteiger partial charge >= 0.3 is 0 Å². The highest BCUT2D eigenvalue weighted by Crippen LogP contribution is 2.38. The summed E-state index contributed by atoms with van der Waals surface area (Å²) in [5, 5.41) is 3.50. The van der Waals surface area contributed by atoms with Gasteiger partial charge in [0.15, 0.2) is 0 Å². The lowest BCUT2D eigenvalue weighted by Crippen LogP contribution is -2.10. The molecule has 0 spiro atoms. The second kappa shape index (κ2) is 5.23. The van der Waals surface area contributed by atoms with E-state index in [-0.39, 0.29) is 6.04 Å². The Morgan fingerprint density at radius 2 is 2.00 bits per heavy atom. The molecule has 1 aromatic heterocycles. The maximum absolute atomic E-state index is 4.63. The molecule has 1 N–H and O–H groups in total. The molecular weight excluding hydrogens is 246 g/mol. The van der Waals surface area contributed by atoms with Crippen LogP contribution in [-0.2, 0) is 0 Å². The molecule has 0 bridgehead atoms. The summed E-state index contributed by atoms with van der Waals surface area (Å²) < 4.78 is 0. The highest BCUT2D eigenvalue weighted by atomic mass is 15.0. The van der Waals surface area contributed by atoms with Gasteiger partial charge in [-0.15, -0.1) is 0 Å². The molecule has 0 aliphatic heterocycles. The van der Waals surface area contributed by atoms with Gasteiger partial charge in [-0.25, -0.2) is 9.97 Å². The van der Waals surface area contributed by atoms with Gasteiger partial charge < -0.3 is 5.32 Å². The van der Waals surface area contributed by atoms with E-state index in [4.69, 9.17) is 0 Å². The van der Waals surface area contributed by atoms with Crippen LogP contribution in [0.25, 0.3) is 0 Å². The third-order valence-electron chi connectivity index (χ3n) is 4.09. The summed E-state index contributed by atoms with van der Waals surface area (Å²) in [5.74, 6) is 2.51. The molecule has 1 heterocycles. The molecule has 1 atom stereocenters. The Morgan fingerprint density at radius 3 is 2.75 bits per heavy atom. The van der Waals surface area contributed by atoms with Gasteiger partial charge in [-0.2, -0.15) is 0 Å². The van der Waals surface area contributed by atoms with Crippen LogP contribution in [0.5, 0.6) is 0 Å². The maximum atomic E-state index is 4.63. The Labute approximate surface area is 120 Å². The topological polar surface area (TPSA) is 37.8 Å². The van der Waals surface area contributed by atoms with E-state index in [0.717, 1.165) is 11.6 Å². The molecule has 1 saturated carbocycles. The van der Waals surface area contributed by atoms with Gasteiger partial charge in [0.2, 0.25) is 0 Å².